The molecule has 6 rings (SSSR count). The van der Waals surface area contributed by atoms with Crippen LogP contribution < -0.4 is 10.6 Å². The lowest BCUT2D eigenvalue weighted by Crippen LogP contribution is -2.42. The zero-order valence-corrected chi connectivity index (χ0v) is 21.4. The molecule has 2 N–H and O–H groups in total. The number of anilines is 2. The summed E-state index contributed by atoms with van der Waals surface area (Å²) in [6.07, 6.45) is 4.30. The summed E-state index contributed by atoms with van der Waals surface area (Å²) in [5.41, 5.74) is 2.82. The molecule has 8 nitrogen and oxygen atoms in total. The van der Waals surface area contributed by atoms with E-state index >= 15 is 0 Å². The molecule has 1 aliphatic carbocycles. The number of likely N-dealkylation sites (tertiary alicyclic amines) is 1. The average molecular weight is 513 g/mol. The van der Waals surface area contributed by atoms with Crippen LogP contribution in [-0.2, 0) is 4.79 Å². The van der Waals surface area contributed by atoms with E-state index < -0.39 is 0 Å². The van der Waals surface area contributed by atoms with Crippen molar-refractivity contribution in [3.05, 3.63) is 72.1 Å². The summed E-state index contributed by atoms with van der Waals surface area (Å²) in [7, 11) is 1.83. The molecule has 1 aromatic carbocycles. The molecule has 9 heteroatoms. The van der Waals surface area contributed by atoms with E-state index in [0.29, 0.717) is 10.8 Å². The quantitative estimate of drug-likeness (QED) is 0.347. The van der Waals surface area contributed by atoms with Crippen LogP contribution in [0.4, 0.5) is 11.8 Å². The highest BCUT2D eigenvalue weighted by molar-refractivity contribution is 7.17. The van der Waals surface area contributed by atoms with Crippen molar-refractivity contribution in [2.75, 3.05) is 30.8 Å². The molecule has 0 atom stereocenters. The van der Waals surface area contributed by atoms with Crippen molar-refractivity contribution in [1.29, 1.82) is 0 Å². The minimum atomic E-state index is -0.185. The SMILES string of the molecule is C=CC(=O)N1CCC2(CC(n3c(NC(=O)c4ccc(-c5cccc(NC)n5)s4)nc4ccccc43)C2)C1. The minimum absolute atomic E-state index is 0.00422. The summed E-state index contributed by atoms with van der Waals surface area (Å²) >= 11 is 1.41. The molecule has 188 valence electrons. The first kappa shape index (κ1) is 23.4. The lowest BCUT2D eigenvalue weighted by Gasteiger charge is -2.46. The fourth-order valence-corrected chi connectivity index (χ4v) is 6.55. The Morgan fingerprint density at radius 3 is 2.76 bits per heavy atom. The van der Waals surface area contributed by atoms with Crippen molar-refractivity contribution in [3.8, 4) is 10.6 Å². The second-order valence-electron chi connectivity index (χ2n) is 9.85. The second-order valence-corrected chi connectivity index (χ2v) is 10.9. The number of fused-ring (bicyclic) bond motifs is 1. The van der Waals surface area contributed by atoms with E-state index in [9.17, 15) is 9.59 Å². The minimum Gasteiger partial charge on any atom is -0.373 e. The molecule has 3 aromatic heterocycles. The first-order valence-corrected chi connectivity index (χ1v) is 13.2. The van der Waals surface area contributed by atoms with Gasteiger partial charge in [-0.2, -0.15) is 0 Å². The summed E-state index contributed by atoms with van der Waals surface area (Å²) < 4.78 is 2.17. The van der Waals surface area contributed by atoms with Gasteiger partial charge in [0.15, 0.2) is 0 Å². The Morgan fingerprint density at radius 2 is 1.95 bits per heavy atom. The van der Waals surface area contributed by atoms with Gasteiger partial charge < -0.3 is 14.8 Å². The first-order chi connectivity index (χ1) is 18.0. The Kier molecular flexibility index (Phi) is 5.79. The average Bonchev–Trinajstić information content (AvgIpc) is 3.64. The third-order valence-corrected chi connectivity index (χ3v) is 8.64. The van der Waals surface area contributed by atoms with E-state index in [4.69, 9.17) is 4.98 Å². The number of para-hydroxylation sites is 2. The summed E-state index contributed by atoms with van der Waals surface area (Å²) in [4.78, 5) is 38.2. The van der Waals surface area contributed by atoms with Crippen molar-refractivity contribution in [2.24, 2.45) is 5.41 Å². The lowest BCUT2D eigenvalue weighted by molar-refractivity contribution is -0.125. The third-order valence-electron chi connectivity index (χ3n) is 7.54. The summed E-state index contributed by atoms with van der Waals surface area (Å²) in [5.74, 6) is 1.16. The van der Waals surface area contributed by atoms with Crippen LogP contribution in [-0.4, -0.2) is 51.4 Å². The van der Waals surface area contributed by atoms with Gasteiger partial charge in [0, 0.05) is 26.2 Å². The van der Waals surface area contributed by atoms with E-state index in [1.54, 1.807) is 0 Å². The monoisotopic (exact) mass is 512 g/mol. The summed E-state index contributed by atoms with van der Waals surface area (Å²) in [5, 5.41) is 6.13. The molecule has 4 heterocycles. The fourth-order valence-electron chi connectivity index (χ4n) is 5.68. The standard InChI is InChI=1S/C28H28N6O2S/c1-3-25(35)33-14-13-28(17-33)15-18(16-28)34-21-9-5-4-7-19(21)31-27(34)32-26(36)23-12-11-22(37-23)20-8-6-10-24(29-2)30-20/h3-12,18H,1,13-17H2,2H3,(H,29,30)(H,31,32,36). The van der Waals surface area contributed by atoms with Crippen LogP contribution in [0.2, 0.25) is 0 Å². The van der Waals surface area contributed by atoms with E-state index in [1.165, 1.54) is 17.4 Å². The Hall–Kier alpha value is -3.98. The van der Waals surface area contributed by atoms with Gasteiger partial charge in [0.05, 0.1) is 26.5 Å². The van der Waals surface area contributed by atoms with Gasteiger partial charge in [0.1, 0.15) is 5.82 Å². The summed E-state index contributed by atoms with van der Waals surface area (Å²) in [6, 6.07) is 17.7. The van der Waals surface area contributed by atoms with E-state index in [1.807, 2.05) is 60.5 Å². The van der Waals surface area contributed by atoms with Crippen LogP contribution in [0.3, 0.4) is 0 Å². The van der Waals surface area contributed by atoms with E-state index in [-0.39, 0.29) is 23.3 Å². The molecule has 0 radical (unpaired) electrons. The maximum atomic E-state index is 13.3. The molecule has 2 fully saturated rings. The Labute approximate surface area is 219 Å². The number of carbonyl (C=O) groups is 2. The zero-order valence-electron chi connectivity index (χ0n) is 20.6. The van der Waals surface area contributed by atoms with E-state index in [0.717, 1.165) is 59.8 Å². The zero-order chi connectivity index (χ0) is 25.6. The normalized spacial score (nSPS) is 20.7. The number of imidazole rings is 1. The van der Waals surface area contributed by atoms with Crippen LogP contribution in [0.5, 0.6) is 0 Å². The van der Waals surface area contributed by atoms with Gasteiger partial charge in [0.25, 0.3) is 5.91 Å². The van der Waals surface area contributed by atoms with Crippen molar-refractivity contribution in [2.45, 2.75) is 25.3 Å². The van der Waals surface area contributed by atoms with Crippen molar-refractivity contribution in [3.63, 3.8) is 0 Å². The van der Waals surface area contributed by atoms with Gasteiger partial charge in [-0.1, -0.05) is 24.8 Å². The van der Waals surface area contributed by atoms with Crippen molar-refractivity contribution >= 4 is 46.0 Å². The van der Waals surface area contributed by atoms with Gasteiger partial charge in [-0.05, 0) is 67.2 Å². The maximum Gasteiger partial charge on any atom is 0.268 e. The van der Waals surface area contributed by atoms with Gasteiger partial charge in [-0.15, -0.1) is 11.3 Å². The third kappa shape index (κ3) is 4.19. The van der Waals surface area contributed by atoms with Gasteiger partial charge in [-0.3, -0.25) is 14.9 Å². The van der Waals surface area contributed by atoms with Gasteiger partial charge >= 0.3 is 0 Å². The lowest BCUT2D eigenvalue weighted by atomic mass is 9.65. The molecule has 37 heavy (non-hydrogen) atoms. The number of rotatable bonds is 6. The number of aromatic nitrogens is 3. The number of benzene rings is 1. The highest BCUT2D eigenvalue weighted by atomic mass is 32.1. The molecule has 1 saturated heterocycles. The fraction of sp³-hybridized carbons (Fsp3) is 0.286. The Morgan fingerprint density at radius 1 is 1.11 bits per heavy atom. The molecule has 1 saturated carbocycles. The molecule has 1 aliphatic heterocycles. The van der Waals surface area contributed by atoms with Crippen LogP contribution in [0.1, 0.15) is 35.0 Å². The number of amides is 2. The molecule has 1 spiro atoms. The molecule has 2 amide bonds. The van der Waals surface area contributed by atoms with Crippen LogP contribution in [0, 0.1) is 5.41 Å². The molecule has 0 unspecified atom stereocenters. The number of nitrogens with one attached hydrogen (secondary N) is 2. The highest BCUT2D eigenvalue weighted by Gasteiger charge is 2.50. The first-order valence-electron chi connectivity index (χ1n) is 12.4. The number of nitrogens with zero attached hydrogens (tertiary/aromatic N) is 4. The second kappa shape index (κ2) is 9.15. The highest BCUT2D eigenvalue weighted by Crippen LogP contribution is 2.55. The Bertz CT molecular complexity index is 1520. The number of hydrogen-bond acceptors (Lipinski definition) is 6. The molecular weight excluding hydrogens is 484 g/mol. The molecule has 4 aromatic rings. The van der Waals surface area contributed by atoms with Crippen molar-refractivity contribution in [1.82, 2.24) is 19.4 Å². The van der Waals surface area contributed by atoms with Crippen LogP contribution in [0.15, 0.2) is 67.3 Å². The molecular formula is C28H28N6O2S. The van der Waals surface area contributed by atoms with Gasteiger partial charge in [0.2, 0.25) is 11.9 Å². The summed E-state index contributed by atoms with van der Waals surface area (Å²) in [6.45, 7) is 5.17. The maximum absolute atomic E-state index is 13.3. The van der Waals surface area contributed by atoms with Crippen LogP contribution in [0.25, 0.3) is 21.6 Å². The smallest absolute Gasteiger partial charge is 0.268 e. The van der Waals surface area contributed by atoms with E-state index in [2.05, 4.69) is 32.8 Å². The largest absolute Gasteiger partial charge is 0.373 e. The van der Waals surface area contributed by atoms with Crippen molar-refractivity contribution < 1.29 is 9.59 Å². The molecule has 0 bridgehead atoms. The number of thiophene rings is 1. The number of carbonyl (C=O) groups excluding carboxylic acids is 2. The van der Waals surface area contributed by atoms with Crippen LogP contribution >= 0.6 is 11.3 Å². The topological polar surface area (TPSA) is 92.2 Å². The predicted octanol–water partition coefficient (Wildman–Crippen LogP) is 5.19. The number of hydrogen-bond donors (Lipinski definition) is 2. The van der Waals surface area contributed by atoms with Gasteiger partial charge in [-0.25, -0.2) is 9.97 Å². The number of pyridine rings is 1. The molecule has 2 aliphatic rings. The Balaban J connectivity index is 1.23. The predicted molar refractivity (Wildman–Crippen MR) is 147 cm³/mol.